The van der Waals surface area contributed by atoms with Crippen LogP contribution in [0.5, 0.6) is 0 Å². The Hall–Kier alpha value is -6.26. The second-order valence-electron chi connectivity index (χ2n) is 11.6. The van der Waals surface area contributed by atoms with E-state index in [1.54, 1.807) is 0 Å². The number of hydrogen-bond acceptors (Lipinski definition) is 2. The van der Waals surface area contributed by atoms with Crippen LogP contribution in [0.25, 0.3) is 78.0 Å². The lowest BCUT2D eigenvalue weighted by atomic mass is 9.94. The molecule has 4 aromatic heterocycles. The van der Waals surface area contributed by atoms with Gasteiger partial charge in [-0.25, -0.2) is 9.50 Å². The molecule has 0 radical (unpaired) electrons. The molecule has 9 aromatic rings. The zero-order valence-corrected chi connectivity index (χ0v) is 25.0. The van der Waals surface area contributed by atoms with E-state index < -0.39 is 0 Å². The first-order valence-electron chi connectivity index (χ1n) is 15.5. The number of hydrogen-bond donors (Lipinski definition) is 0. The van der Waals surface area contributed by atoms with Gasteiger partial charge in [0.1, 0.15) is 11.3 Å². The van der Waals surface area contributed by atoms with E-state index in [-0.39, 0.29) is 0 Å². The highest BCUT2D eigenvalue weighted by atomic mass is 15.2. The summed E-state index contributed by atoms with van der Waals surface area (Å²) in [5.41, 5.74) is 12.9. The van der Waals surface area contributed by atoms with E-state index in [9.17, 15) is 0 Å². The van der Waals surface area contributed by atoms with Crippen LogP contribution in [-0.4, -0.2) is 19.0 Å². The van der Waals surface area contributed by atoms with E-state index in [0.29, 0.717) is 0 Å². The van der Waals surface area contributed by atoms with Gasteiger partial charge in [-0.1, -0.05) is 133 Å². The smallest absolute Gasteiger partial charge is 0.137 e. The van der Waals surface area contributed by atoms with Crippen LogP contribution in [0.3, 0.4) is 0 Å². The molecule has 0 atom stereocenters. The Kier molecular flexibility index (Phi) is 6.10. The fourth-order valence-corrected chi connectivity index (χ4v) is 6.54. The van der Waals surface area contributed by atoms with Crippen LogP contribution < -0.4 is 0 Å². The van der Waals surface area contributed by atoms with Crippen molar-refractivity contribution in [1.29, 1.82) is 0 Å². The van der Waals surface area contributed by atoms with Crippen molar-refractivity contribution < 1.29 is 0 Å². The van der Waals surface area contributed by atoms with Crippen LogP contribution in [0.2, 0.25) is 0 Å². The molecule has 0 saturated heterocycles. The van der Waals surface area contributed by atoms with Crippen LogP contribution in [0.1, 0.15) is 0 Å². The van der Waals surface area contributed by atoms with Gasteiger partial charge in [-0.2, -0.15) is 5.10 Å². The minimum absolute atomic E-state index is 0.944. The van der Waals surface area contributed by atoms with Gasteiger partial charge in [0.25, 0.3) is 0 Å². The molecule has 216 valence electrons. The van der Waals surface area contributed by atoms with Crippen molar-refractivity contribution in [2.24, 2.45) is 0 Å². The summed E-state index contributed by atoms with van der Waals surface area (Å²) in [6.07, 6.45) is 4.11. The SMILES string of the molecule is c1ccc(-c2nn3c(-c4ccccc4)cc4ccccc4c3c2-c2cccc(-c3ccc(-c4cn5ccccc5n4)cc3)c2)cc1. The predicted molar refractivity (Wildman–Crippen MR) is 189 cm³/mol. The first-order valence-corrected chi connectivity index (χ1v) is 15.5. The van der Waals surface area contributed by atoms with Gasteiger partial charge in [-0.15, -0.1) is 0 Å². The lowest BCUT2D eigenvalue weighted by Gasteiger charge is -2.11. The van der Waals surface area contributed by atoms with Gasteiger partial charge in [-0.05, 0) is 46.3 Å². The van der Waals surface area contributed by atoms with E-state index in [1.165, 1.54) is 10.8 Å². The average Bonchev–Trinajstić information content (AvgIpc) is 3.75. The second-order valence-corrected chi connectivity index (χ2v) is 11.6. The number of pyridine rings is 2. The van der Waals surface area contributed by atoms with Crippen LogP contribution >= 0.6 is 0 Å². The molecular formula is C42H28N4. The van der Waals surface area contributed by atoms with E-state index >= 15 is 0 Å². The Morgan fingerprint density at radius 2 is 1.15 bits per heavy atom. The van der Waals surface area contributed by atoms with Gasteiger partial charge >= 0.3 is 0 Å². The van der Waals surface area contributed by atoms with Crippen molar-refractivity contribution in [1.82, 2.24) is 19.0 Å². The molecule has 4 heteroatoms. The molecule has 46 heavy (non-hydrogen) atoms. The number of benzene rings is 5. The fourth-order valence-electron chi connectivity index (χ4n) is 6.54. The topological polar surface area (TPSA) is 34.6 Å². The number of aromatic nitrogens is 4. The van der Waals surface area contributed by atoms with Crippen LogP contribution in [0.15, 0.2) is 170 Å². The maximum absolute atomic E-state index is 5.36. The monoisotopic (exact) mass is 588 g/mol. The molecule has 0 aliphatic carbocycles. The molecular weight excluding hydrogens is 560 g/mol. The molecule has 9 rings (SSSR count). The standard InChI is InChI=1S/C42H28N4/c1-3-12-31(13-4-1)38-27-34-16-7-8-19-36(34)42-40(41(44-46(38)42)32-14-5-2-6-15-32)35-18-11-17-33(26-35)29-21-23-30(24-22-29)37-28-45-25-10-9-20-39(45)43-37/h1-28H. The second kappa shape index (κ2) is 10.7. The Balaban J connectivity index is 1.24. The summed E-state index contributed by atoms with van der Waals surface area (Å²) in [6.45, 7) is 0. The number of imidazole rings is 1. The van der Waals surface area contributed by atoms with Gasteiger partial charge in [0, 0.05) is 40.0 Å². The summed E-state index contributed by atoms with van der Waals surface area (Å²) < 4.78 is 4.20. The third-order valence-corrected chi connectivity index (χ3v) is 8.77. The van der Waals surface area contributed by atoms with Crippen LogP contribution in [0.4, 0.5) is 0 Å². The largest absolute Gasteiger partial charge is 0.306 e. The molecule has 0 fully saturated rings. The molecule has 4 nitrogen and oxygen atoms in total. The Morgan fingerprint density at radius 3 is 1.96 bits per heavy atom. The summed E-state index contributed by atoms with van der Waals surface area (Å²) in [5.74, 6) is 0. The van der Waals surface area contributed by atoms with Gasteiger partial charge in [0.2, 0.25) is 0 Å². The van der Waals surface area contributed by atoms with Crippen molar-refractivity contribution in [2.75, 3.05) is 0 Å². The third kappa shape index (κ3) is 4.39. The highest BCUT2D eigenvalue weighted by Crippen LogP contribution is 2.41. The molecule has 0 aliphatic heterocycles. The molecule has 4 heterocycles. The first-order chi connectivity index (χ1) is 22.8. The van der Waals surface area contributed by atoms with Crippen molar-refractivity contribution in [3.63, 3.8) is 0 Å². The quantitative estimate of drug-likeness (QED) is 0.200. The number of fused-ring (bicyclic) bond motifs is 4. The molecule has 0 spiro atoms. The Bertz CT molecular complexity index is 2470. The summed E-state index contributed by atoms with van der Waals surface area (Å²) in [5, 5.41) is 7.72. The highest BCUT2D eigenvalue weighted by Gasteiger charge is 2.21. The fraction of sp³-hybridized carbons (Fsp3) is 0. The molecule has 0 saturated carbocycles. The number of rotatable bonds is 5. The van der Waals surface area contributed by atoms with Crippen molar-refractivity contribution >= 4 is 21.9 Å². The molecule has 0 amide bonds. The lowest BCUT2D eigenvalue weighted by molar-refractivity contribution is 0.979. The van der Waals surface area contributed by atoms with Crippen molar-refractivity contribution in [3.8, 4) is 56.0 Å². The minimum atomic E-state index is 0.944. The summed E-state index contributed by atoms with van der Waals surface area (Å²) >= 11 is 0. The zero-order chi connectivity index (χ0) is 30.5. The van der Waals surface area contributed by atoms with Gasteiger partial charge < -0.3 is 4.40 Å². The van der Waals surface area contributed by atoms with Gasteiger partial charge in [-0.3, -0.25) is 0 Å². The van der Waals surface area contributed by atoms with E-state index in [1.807, 2.05) is 24.4 Å². The molecule has 0 N–H and O–H groups in total. The Morgan fingerprint density at radius 1 is 0.478 bits per heavy atom. The maximum atomic E-state index is 5.36. The molecule has 5 aromatic carbocycles. The van der Waals surface area contributed by atoms with Gasteiger partial charge in [0.15, 0.2) is 0 Å². The van der Waals surface area contributed by atoms with Gasteiger partial charge in [0.05, 0.1) is 16.9 Å². The predicted octanol–water partition coefficient (Wildman–Crippen LogP) is 10.5. The average molecular weight is 589 g/mol. The Labute approximate surface area is 266 Å². The third-order valence-electron chi connectivity index (χ3n) is 8.77. The van der Waals surface area contributed by atoms with Crippen LogP contribution in [0, 0.1) is 0 Å². The molecule has 0 bridgehead atoms. The first kappa shape index (κ1) is 26.2. The van der Waals surface area contributed by atoms with E-state index in [0.717, 1.165) is 67.2 Å². The summed E-state index contributed by atoms with van der Waals surface area (Å²) in [4.78, 5) is 4.81. The highest BCUT2D eigenvalue weighted by molar-refractivity contribution is 6.08. The number of nitrogens with zero attached hydrogens (tertiary/aromatic N) is 4. The van der Waals surface area contributed by atoms with Crippen LogP contribution in [-0.2, 0) is 0 Å². The van der Waals surface area contributed by atoms with E-state index in [2.05, 4.69) is 155 Å². The minimum Gasteiger partial charge on any atom is -0.306 e. The van der Waals surface area contributed by atoms with E-state index in [4.69, 9.17) is 10.1 Å². The normalized spacial score (nSPS) is 11.5. The summed E-state index contributed by atoms with van der Waals surface area (Å²) in [6, 6.07) is 55.6. The van der Waals surface area contributed by atoms with Crippen molar-refractivity contribution in [2.45, 2.75) is 0 Å². The maximum Gasteiger partial charge on any atom is 0.137 e. The molecule has 0 unspecified atom stereocenters. The van der Waals surface area contributed by atoms with Crippen molar-refractivity contribution in [3.05, 3.63) is 170 Å². The zero-order valence-electron chi connectivity index (χ0n) is 25.0. The molecule has 0 aliphatic rings. The summed E-state index contributed by atoms with van der Waals surface area (Å²) in [7, 11) is 0. The lowest BCUT2D eigenvalue weighted by Crippen LogP contribution is -1.95.